The van der Waals surface area contributed by atoms with E-state index in [1.165, 1.54) is 17.1 Å². The number of hydrogen-bond donors (Lipinski definition) is 0. The molecule has 0 saturated heterocycles. The maximum atomic E-state index is 13.0. The summed E-state index contributed by atoms with van der Waals surface area (Å²) < 4.78 is 12.5. The van der Waals surface area contributed by atoms with Gasteiger partial charge in [0.1, 0.15) is 11.1 Å². The third-order valence-corrected chi connectivity index (χ3v) is 4.58. The van der Waals surface area contributed by atoms with Crippen LogP contribution in [0.15, 0.2) is 30.5 Å². The lowest BCUT2D eigenvalue weighted by Gasteiger charge is -2.08. The Morgan fingerprint density at radius 3 is 2.13 bits per heavy atom. The van der Waals surface area contributed by atoms with Crippen LogP contribution in [-0.2, 0) is 14.3 Å². The lowest BCUT2D eigenvalue weighted by atomic mass is 10.1. The van der Waals surface area contributed by atoms with Crippen LogP contribution in [0.4, 0.5) is 0 Å². The summed E-state index contributed by atoms with van der Waals surface area (Å²) in [6.45, 7) is 4.53. The Morgan fingerprint density at radius 1 is 0.967 bits per heavy atom. The number of aromatic nitrogens is 1. The summed E-state index contributed by atoms with van der Waals surface area (Å²) in [5.41, 5.74) is 1.20. The van der Waals surface area contributed by atoms with Crippen LogP contribution in [0, 0.1) is 0 Å². The van der Waals surface area contributed by atoms with Crippen molar-refractivity contribution < 1.29 is 23.9 Å². The van der Waals surface area contributed by atoms with Crippen molar-refractivity contribution in [2.75, 3.05) is 27.3 Å². The predicted molar refractivity (Wildman–Crippen MR) is 116 cm³/mol. The number of pyridine rings is 1. The fraction of sp³-hybridized carbons (Fsp3) is 0.435. The molecule has 7 heteroatoms. The van der Waals surface area contributed by atoms with Gasteiger partial charge >= 0.3 is 11.9 Å². The topological polar surface area (TPSA) is 77.3 Å². The molecule has 0 atom stereocenters. The van der Waals surface area contributed by atoms with E-state index >= 15 is 0 Å². The molecular formula is C23H30N2O5. The van der Waals surface area contributed by atoms with Crippen molar-refractivity contribution in [3.8, 4) is 0 Å². The maximum Gasteiger partial charge on any atom is 0.341 e. The normalized spacial score (nSPS) is 11.1. The van der Waals surface area contributed by atoms with E-state index in [0.29, 0.717) is 11.2 Å². The Morgan fingerprint density at radius 2 is 1.57 bits per heavy atom. The quantitative estimate of drug-likeness (QED) is 0.334. The van der Waals surface area contributed by atoms with Gasteiger partial charge in [-0.15, -0.1) is 0 Å². The summed E-state index contributed by atoms with van der Waals surface area (Å²) in [6.07, 6.45) is 7.86. The molecule has 0 saturated carbocycles. The van der Waals surface area contributed by atoms with E-state index in [0.717, 1.165) is 25.7 Å². The number of unbranched alkanes of at least 4 members (excludes halogenated alkanes) is 2. The molecule has 30 heavy (non-hydrogen) atoms. The van der Waals surface area contributed by atoms with Gasteiger partial charge in [0.2, 0.25) is 5.91 Å². The van der Waals surface area contributed by atoms with Crippen molar-refractivity contribution in [3.05, 3.63) is 47.3 Å². The average Bonchev–Trinajstić information content (AvgIpc) is 3.06. The molecule has 0 aromatic carbocycles. The molecule has 7 nitrogen and oxygen atoms in total. The van der Waals surface area contributed by atoms with Gasteiger partial charge in [0, 0.05) is 26.4 Å². The Kier molecular flexibility index (Phi) is 8.65. The lowest BCUT2D eigenvalue weighted by Crippen LogP contribution is -2.19. The summed E-state index contributed by atoms with van der Waals surface area (Å²) in [7, 11) is 3.28. The Labute approximate surface area is 177 Å². The second kappa shape index (κ2) is 11.2. The zero-order chi connectivity index (χ0) is 22.1. The second-order valence-electron chi connectivity index (χ2n) is 7.14. The highest BCUT2D eigenvalue weighted by molar-refractivity contribution is 6.11. The third kappa shape index (κ3) is 5.49. The minimum Gasteiger partial charge on any atom is -0.462 e. The molecule has 162 valence electrons. The van der Waals surface area contributed by atoms with Crippen LogP contribution in [-0.4, -0.2) is 54.5 Å². The number of ether oxygens (including phenoxy) is 2. The SMILES string of the molecule is CCCCOC(=O)c1c(C(=O)OCCCC)c2ccccn2c1/C=C/C(=O)N(C)C. The summed E-state index contributed by atoms with van der Waals surface area (Å²) in [6, 6.07) is 5.31. The lowest BCUT2D eigenvalue weighted by molar-refractivity contribution is -0.123. The van der Waals surface area contributed by atoms with Crippen molar-refractivity contribution >= 4 is 29.4 Å². The summed E-state index contributed by atoms with van der Waals surface area (Å²) >= 11 is 0. The molecule has 0 aliphatic carbocycles. The zero-order valence-corrected chi connectivity index (χ0v) is 18.1. The molecule has 2 aromatic rings. The minimum atomic E-state index is -0.605. The van der Waals surface area contributed by atoms with E-state index in [-0.39, 0.29) is 30.2 Å². The largest absolute Gasteiger partial charge is 0.462 e. The number of nitrogens with zero attached hydrogens (tertiary/aromatic N) is 2. The van der Waals surface area contributed by atoms with Crippen molar-refractivity contribution in [1.29, 1.82) is 0 Å². The molecule has 0 unspecified atom stereocenters. The van der Waals surface area contributed by atoms with Crippen LogP contribution in [0.5, 0.6) is 0 Å². The zero-order valence-electron chi connectivity index (χ0n) is 18.1. The molecule has 0 aliphatic rings. The molecule has 0 aliphatic heterocycles. The number of carbonyl (C=O) groups excluding carboxylic acids is 3. The van der Waals surface area contributed by atoms with Crippen LogP contribution in [0.1, 0.15) is 65.9 Å². The number of esters is 2. The summed E-state index contributed by atoms with van der Waals surface area (Å²) in [4.78, 5) is 39.4. The molecule has 2 heterocycles. The van der Waals surface area contributed by atoms with E-state index in [1.807, 2.05) is 13.8 Å². The van der Waals surface area contributed by atoms with Crippen LogP contribution in [0.25, 0.3) is 11.6 Å². The minimum absolute atomic E-state index is 0.113. The van der Waals surface area contributed by atoms with E-state index < -0.39 is 11.9 Å². The van der Waals surface area contributed by atoms with Crippen molar-refractivity contribution in [1.82, 2.24) is 9.30 Å². The Balaban J connectivity index is 2.60. The first-order valence-corrected chi connectivity index (χ1v) is 10.3. The van der Waals surface area contributed by atoms with Gasteiger partial charge in [0.25, 0.3) is 0 Å². The van der Waals surface area contributed by atoms with Gasteiger partial charge in [0.15, 0.2) is 0 Å². The van der Waals surface area contributed by atoms with E-state index in [1.54, 1.807) is 42.9 Å². The number of hydrogen-bond acceptors (Lipinski definition) is 5. The molecule has 1 amide bonds. The Bertz CT molecular complexity index is 927. The van der Waals surface area contributed by atoms with Gasteiger partial charge < -0.3 is 18.8 Å². The van der Waals surface area contributed by atoms with E-state index in [2.05, 4.69) is 0 Å². The first-order valence-electron chi connectivity index (χ1n) is 10.3. The Hall–Kier alpha value is -3.09. The van der Waals surface area contributed by atoms with Crippen LogP contribution in [0.3, 0.4) is 0 Å². The van der Waals surface area contributed by atoms with Crippen LogP contribution >= 0.6 is 0 Å². The van der Waals surface area contributed by atoms with Crippen molar-refractivity contribution in [2.24, 2.45) is 0 Å². The highest BCUT2D eigenvalue weighted by atomic mass is 16.5. The first kappa shape index (κ1) is 23.2. The number of rotatable bonds is 10. The smallest absolute Gasteiger partial charge is 0.341 e. The van der Waals surface area contributed by atoms with E-state index in [9.17, 15) is 14.4 Å². The van der Waals surface area contributed by atoms with E-state index in [4.69, 9.17) is 9.47 Å². The number of fused-ring (bicyclic) bond motifs is 1. The van der Waals surface area contributed by atoms with Gasteiger partial charge in [-0.05, 0) is 31.1 Å². The standard InChI is InChI=1S/C23H30N2O5/c1-5-7-15-29-22(27)20-17-11-9-10-14-25(17)18(12-13-19(26)24(3)4)21(20)23(28)30-16-8-6-2/h9-14H,5-8,15-16H2,1-4H3/b13-12+. The van der Waals surface area contributed by atoms with Crippen LogP contribution in [0.2, 0.25) is 0 Å². The highest BCUT2D eigenvalue weighted by Gasteiger charge is 2.29. The number of carbonyl (C=O) groups is 3. The molecular weight excluding hydrogens is 384 g/mol. The molecule has 2 aromatic heterocycles. The van der Waals surface area contributed by atoms with Crippen molar-refractivity contribution in [2.45, 2.75) is 39.5 Å². The maximum absolute atomic E-state index is 13.0. The molecule has 2 rings (SSSR count). The van der Waals surface area contributed by atoms with Gasteiger partial charge in [-0.1, -0.05) is 32.8 Å². The molecule has 0 fully saturated rings. The molecule has 0 spiro atoms. The molecule has 0 bridgehead atoms. The summed E-state index contributed by atoms with van der Waals surface area (Å²) in [5, 5.41) is 0. The van der Waals surface area contributed by atoms with Crippen molar-refractivity contribution in [3.63, 3.8) is 0 Å². The molecule has 0 N–H and O–H groups in total. The first-order chi connectivity index (χ1) is 14.4. The van der Waals surface area contributed by atoms with Gasteiger partial charge in [-0.3, -0.25) is 4.79 Å². The predicted octanol–water partition coefficient (Wildman–Crippen LogP) is 3.95. The summed E-state index contributed by atoms with van der Waals surface area (Å²) in [5.74, 6) is -1.42. The third-order valence-electron chi connectivity index (χ3n) is 4.58. The second-order valence-corrected chi connectivity index (χ2v) is 7.14. The van der Waals surface area contributed by atoms with Gasteiger partial charge in [-0.2, -0.15) is 0 Å². The fourth-order valence-electron chi connectivity index (χ4n) is 2.87. The van der Waals surface area contributed by atoms with Crippen LogP contribution < -0.4 is 0 Å². The monoisotopic (exact) mass is 414 g/mol. The number of amides is 1. The fourth-order valence-corrected chi connectivity index (χ4v) is 2.87. The van der Waals surface area contributed by atoms with Gasteiger partial charge in [0.05, 0.1) is 24.4 Å². The molecule has 0 radical (unpaired) electrons. The number of likely N-dealkylation sites (N-methyl/N-ethyl adjacent to an activating group) is 1. The average molecular weight is 415 g/mol. The highest BCUT2D eigenvalue weighted by Crippen LogP contribution is 2.27. The van der Waals surface area contributed by atoms with Gasteiger partial charge in [-0.25, -0.2) is 9.59 Å².